The monoisotopic (exact) mass is 381 g/mol. The van der Waals surface area contributed by atoms with Gasteiger partial charge in [0.2, 0.25) is 5.91 Å². The highest BCUT2D eigenvalue weighted by Crippen LogP contribution is 2.24. The summed E-state index contributed by atoms with van der Waals surface area (Å²) in [5.74, 6) is 0.360. The maximum absolute atomic E-state index is 12.7. The molecule has 1 fully saturated rings. The number of carbonyl (C=O) groups is 2. The summed E-state index contributed by atoms with van der Waals surface area (Å²) in [4.78, 5) is 26.4. The molecule has 0 bridgehead atoms. The van der Waals surface area contributed by atoms with Crippen molar-refractivity contribution in [2.75, 3.05) is 13.2 Å². The average Bonchev–Trinajstić information content (AvgIpc) is 2.67. The molecular weight excluding hydrogens is 354 g/mol. The third-order valence-electron chi connectivity index (χ3n) is 4.67. The van der Waals surface area contributed by atoms with Crippen molar-refractivity contribution in [3.05, 3.63) is 65.7 Å². The Morgan fingerprint density at radius 2 is 1.75 bits per heavy atom. The Morgan fingerprint density at radius 3 is 2.39 bits per heavy atom. The van der Waals surface area contributed by atoms with Gasteiger partial charge in [0, 0.05) is 5.41 Å². The number of amides is 2. The smallest absolute Gasteiger partial charge is 0.255 e. The van der Waals surface area contributed by atoms with Crippen LogP contribution < -0.4 is 4.74 Å². The van der Waals surface area contributed by atoms with Crippen LogP contribution in [-0.2, 0) is 27.4 Å². The molecule has 0 saturated carbocycles. The standard InChI is InChI=1S/C23H27NO4/c1-23(2,3)22(26)24-19(15-27-16-21(24)25)13-17-9-11-20(12-10-17)28-14-18-7-5-4-6-8-18/h4-12,19H,13-16H2,1-3H3/t19-/m0/s1. The van der Waals surface area contributed by atoms with Gasteiger partial charge in [0.25, 0.3) is 5.91 Å². The van der Waals surface area contributed by atoms with Crippen LogP contribution in [0, 0.1) is 5.41 Å². The van der Waals surface area contributed by atoms with E-state index in [-0.39, 0.29) is 24.5 Å². The third-order valence-corrected chi connectivity index (χ3v) is 4.67. The van der Waals surface area contributed by atoms with Crippen LogP contribution in [0.4, 0.5) is 0 Å². The quantitative estimate of drug-likeness (QED) is 0.794. The lowest BCUT2D eigenvalue weighted by Gasteiger charge is -2.37. The molecule has 1 heterocycles. The van der Waals surface area contributed by atoms with Crippen molar-refractivity contribution in [2.45, 2.75) is 39.8 Å². The molecular formula is C23H27NO4. The number of carbonyl (C=O) groups excluding carboxylic acids is 2. The first kappa shape index (κ1) is 20.1. The lowest BCUT2D eigenvalue weighted by atomic mass is 9.92. The van der Waals surface area contributed by atoms with E-state index in [1.807, 2.05) is 75.4 Å². The van der Waals surface area contributed by atoms with Crippen molar-refractivity contribution in [3.63, 3.8) is 0 Å². The number of ether oxygens (including phenoxy) is 2. The van der Waals surface area contributed by atoms with E-state index in [4.69, 9.17) is 9.47 Å². The van der Waals surface area contributed by atoms with Crippen LogP contribution in [-0.4, -0.2) is 36.0 Å². The summed E-state index contributed by atoms with van der Waals surface area (Å²) < 4.78 is 11.2. The molecule has 0 N–H and O–H groups in total. The SMILES string of the molecule is CC(C)(C)C(=O)N1C(=O)COC[C@@H]1Cc1ccc(OCc2ccccc2)cc1. The van der Waals surface area contributed by atoms with Crippen molar-refractivity contribution in [1.82, 2.24) is 4.90 Å². The van der Waals surface area contributed by atoms with Crippen molar-refractivity contribution < 1.29 is 19.1 Å². The number of imide groups is 1. The van der Waals surface area contributed by atoms with E-state index in [1.165, 1.54) is 4.90 Å². The lowest BCUT2D eigenvalue weighted by Crippen LogP contribution is -2.56. The summed E-state index contributed by atoms with van der Waals surface area (Å²) >= 11 is 0. The molecule has 5 heteroatoms. The van der Waals surface area contributed by atoms with Crippen molar-refractivity contribution in [1.29, 1.82) is 0 Å². The zero-order valence-corrected chi connectivity index (χ0v) is 16.7. The van der Waals surface area contributed by atoms with Gasteiger partial charge in [-0.25, -0.2) is 0 Å². The Labute approximate surface area is 166 Å². The summed E-state index contributed by atoms with van der Waals surface area (Å²) in [5.41, 5.74) is 1.53. The number of hydrogen-bond acceptors (Lipinski definition) is 4. The van der Waals surface area contributed by atoms with Gasteiger partial charge in [-0.05, 0) is 29.7 Å². The molecule has 0 aromatic heterocycles. The van der Waals surface area contributed by atoms with Crippen LogP contribution in [0.3, 0.4) is 0 Å². The molecule has 1 aliphatic rings. The van der Waals surface area contributed by atoms with Crippen molar-refractivity contribution in [3.8, 4) is 5.75 Å². The molecule has 2 amide bonds. The molecule has 0 spiro atoms. The summed E-state index contributed by atoms with van der Waals surface area (Å²) in [7, 11) is 0. The van der Waals surface area contributed by atoms with Crippen molar-refractivity contribution >= 4 is 11.8 Å². The average molecular weight is 381 g/mol. The second-order valence-electron chi connectivity index (χ2n) is 8.11. The van der Waals surface area contributed by atoms with Gasteiger partial charge in [0.15, 0.2) is 0 Å². The molecule has 148 valence electrons. The number of benzene rings is 2. The first-order valence-electron chi connectivity index (χ1n) is 9.54. The largest absolute Gasteiger partial charge is 0.489 e. The van der Waals surface area contributed by atoms with Crippen LogP contribution in [0.25, 0.3) is 0 Å². The molecule has 3 rings (SSSR count). The van der Waals surface area contributed by atoms with Crippen LogP contribution in [0.2, 0.25) is 0 Å². The Hall–Kier alpha value is -2.66. The fourth-order valence-corrected chi connectivity index (χ4v) is 3.16. The van der Waals surface area contributed by atoms with E-state index in [9.17, 15) is 9.59 Å². The van der Waals surface area contributed by atoms with Crippen LogP contribution in [0.15, 0.2) is 54.6 Å². The molecule has 0 aliphatic carbocycles. The van der Waals surface area contributed by atoms with Gasteiger partial charge in [-0.3, -0.25) is 14.5 Å². The van der Waals surface area contributed by atoms with E-state index < -0.39 is 5.41 Å². The minimum Gasteiger partial charge on any atom is -0.489 e. The Balaban J connectivity index is 1.64. The molecule has 2 aromatic rings. The number of nitrogens with zero attached hydrogens (tertiary/aromatic N) is 1. The lowest BCUT2D eigenvalue weighted by molar-refractivity contribution is -0.163. The second kappa shape index (κ2) is 8.57. The van der Waals surface area contributed by atoms with Crippen molar-refractivity contribution in [2.24, 2.45) is 5.41 Å². The Morgan fingerprint density at radius 1 is 1.07 bits per heavy atom. The van der Waals surface area contributed by atoms with Gasteiger partial charge in [-0.15, -0.1) is 0 Å². The molecule has 5 nitrogen and oxygen atoms in total. The fourth-order valence-electron chi connectivity index (χ4n) is 3.16. The van der Waals surface area contributed by atoms with E-state index in [1.54, 1.807) is 0 Å². The predicted octanol–water partition coefficient (Wildman–Crippen LogP) is 3.61. The minimum absolute atomic E-state index is 0.0371. The van der Waals surface area contributed by atoms with Crippen LogP contribution in [0.1, 0.15) is 31.9 Å². The van der Waals surface area contributed by atoms with E-state index >= 15 is 0 Å². The summed E-state index contributed by atoms with van der Waals surface area (Å²) in [6.07, 6.45) is 0.562. The van der Waals surface area contributed by atoms with Crippen LogP contribution in [0.5, 0.6) is 5.75 Å². The van der Waals surface area contributed by atoms with Gasteiger partial charge < -0.3 is 9.47 Å². The highest BCUT2D eigenvalue weighted by Gasteiger charge is 2.38. The van der Waals surface area contributed by atoms with Crippen LogP contribution >= 0.6 is 0 Å². The summed E-state index contributed by atoms with van der Waals surface area (Å²) in [6, 6.07) is 17.5. The molecule has 1 atom stereocenters. The highest BCUT2D eigenvalue weighted by molar-refractivity contribution is 5.99. The minimum atomic E-state index is -0.611. The number of morpholine rings is 1. The highest BCUT2D eigenvalue weighted by atomic mass is 16.5. The maximum atomic E-state index is 12.7. The zero-order chi connectivity index (χ0) is 20.1. The van der Waals surface area contributed by atoms with E-state index in [0.717, 1.165) is 16.9 Å². The Kier molecular flexibility index (Phi) is 6.15. The predicted molar refractivity (Wildman–Crippen MR) is 107 cm³/mol. The third kappa shape index (κ3) is 4.98. The number of rotatable bonds is 5. The van der Waals surface area contributed by atoms with E-state index in [0.29, 0.717) is 19.6 Å². The van der Waals surface area contributed by atoms with Gasteiger partial charge >= 0.3 is 0 Å². The summed E-state index contributed by atoms with van der Waals surface area (Å²) in [5, 5.41) is 0. The number of hydrogen-bond donors (Lipinski definition) is 0. The van der Waals surface area contributed by atoms with Gasteiger partial charge in [0.05, 0.1) is 12.6 Å². The molecule has 1 aliphatic heterocycles. The van der Waals surface area contributed by atoms with E-state index in [2.05, 4.69) is 0 Å². The van der Waals surface area contributed by atoms with Gasteiger partial charge in [-0.1, -0.05) is 63.2 Å². The molecule has 0 unspecified atom stereocenters. The van der Waals surface area contributed by atoms with Gasteiger partial charge in [-0.2, -0.15) is 0 Å². The fraction of sp³-hybridized carbons (Fsp3) is 0.391. The molecule has 1 saturated heterocycles. The molecule has 2 aromatic carbocycles. The summed E-state index contributed by atoms with van der Waals surface area (Å²) in [6.45, 7) is 6.32. The maximum Gasteiger partial charge on any atom is 0.255 e. The first-order valence-corrected chi connectivity index (χ1v) is 9.54. The second-order valence-corrected chi connectivity index (χ2v) is 8.11. The first-order chi connectivity index (χ1) is 13.3. The molecule has 28 heavy (non-hydrogen) atoms. The topological polar surface area (TPSA) is 55.8 Å². The van der Waals surface area contributed by atoms with Gasteiger partial charge in [0.1, 0.15) is 19.0 Å². The Bertz CT molecular complexity index is 809. The zero-order valence-electron chi connectivity index (χ0n) is 16.7. The normalized spacial score (nSPS) is 17.5. The molecule has 0 radical (unpaired) electrons.